The van der Waals surface area contributed by atoms with Crippen LogP contribution in [0.1, 0.15) is 62.9 Å². The van der Waals surface area contributed by atoms with Gasteiger partial charge in [0.25, 0.3) is 0 Å². The van der Waals surface area contributed by atoms with E-state index in [2.05, 4.69) is 15.6 Å². The predicted octanol–water partition coefficient (Wildman–Crippen LogP) is 3.36. The molecule has 1 heterocycles. The maximum absolute atomic E-state index is 13.5. The molecule has 2 N–H and O–H groups in total. The fourth-order valence-electron chi connectivity index (χ4n) is 7.02. The molecule has 4 aliphatic carbocycles. The van der Waals surface area contributed by atoms with Crippen LogP contribution < -0.4 is 20.1 Å². The molecule has 8 heteroatoms. The van der Waals surface area contributed by atoms with E-state index in [1.54, 1.807) is 33.4 Å². The minimum Gasteiger partial charge on any atom is -0.497 e. The van der Waals surface area contributed by atoms with Crippen molar-refractivity contribution in [3.8, 4) is 11.5 Å². The summed E-state index contributed by atoms with van der Waals surface area (Å²) in [5.74, 6) is 3.74. The highest BCUT2D eigenvalue weighted by atomic mass is 16.5. The second-order valence-electron chi connectivity index (χ2n) is 10.9. The Balaban J connectivity index is 1.34. The first-order valence-electron chi connectivity index (χ1n) is 12.6. The molecule has 35 heavy (non-hydrogen) atoms. The molecule has 0 saturated heterocycles. The van der Waals surface area contributed by atoms with E-state index in [0.717, 1.165) is 24.8 Å². The zero-order valence-electron chi connectivity index (χ0n) is 21.0. The van der Waals surface area contributed by atoms with E-state index < -0.39 is 12.1 Å². The Morgan fingerprint density at radius 1 is 1.00 bits per heavy atom. The summed E-state index contributed by atoms with van der Waals surface area (Å²) in [5, 5.41) is 6.18. The van der Waals surface area contributed by atoms with Crippen molar-refractivity contribution < 1.29 is 19.1 Å². The molecule has 4 fully saturated rings. The first-order valence-corrected chi connectivity index (χ1v) is 12.6. The van der Waals surface area contributed by atoms with Gasteiger partial charge in [-0.3, -0.25) is 9.59 Å². The summed E-state index contributed by atoms with van der Waals surface area (Å²) in [6.45, 7) is 1.76. The number of benzene rings is 1. The summed E-state index contributed by atoms with van der Waals surface area (Å²) in [6, 6.07) is 4.31. The second-order valence-corrected chi connectivity index (χ2v) is 10.9. The van der Waals surface area contributed by atoms with Gasteiger partial charge in [-0.05, 0) is 80.9 Å². The largest absolute Gasteiger partial charge is 0.497 e. The first kappa shape index (κ1) is 23.7. The van der Waals surface area contributed by atoms with E-state index >= 15 is 0 Å². The normalized spacial score (nSPS) is 28.3. The van der Waals surface area contributed by atoms with Crippen LogP contribution in [-0.4, -0.2) is 41.6 Å². The molecule has 2 atom stereocenters. The monoisotopic (exact) mass is 480 g/mol. The zero-order valence-corrected chi connectivity index (χ0v) is 21.0. The smallest absolute Gasteiger partial charge is 0.243 e. The van der Waals surface area contributed by atoms with E-state index in [-0.39, 0.29) is 17.2 Å². The summed E-state index contributed by atoms with van der Waals surface area (Å²) in [5.41, 5.74) is 0.492. The second kappa shape index (κ2) is 9.21. The number of ether oxygens (including phenoxy) is 2. The summed E-state index contributed by atoms with van der Waals surface area (Å²) < 4.78 is 12.8. The van der Waals surface area contributed by atoms with Crippen LogP contribution in [0.2, 0.25) is 0 Å². The van der Waals surface area contributed by atoms with Gasteiger partial charge >= 0.3 is 0 Å². The van der Waals surface area contributed by atoms with Crippen LogP contribution in [0.25, 0.3) is 0 Å². The molecular formula is C27H36N4O4. The third kappa shape index (κ3) is 4.50. The van der Waals surface area contributed by atoms with Crippen molar-refractivity contribution in [3.63, 3.8) is 0 Å². The molecule has 1 aromatic heterocycles. The molecule has 2 unspecified atom stereocenters. The molecule has 4 saturated carbocycles. The zero-order chi connectivity index (χ0) is 24.7. The minimum atomic E-state index is -0.661. The van der Waals surface area contributed by atoms with Crippen LogP contribution in [-0.2, 0) is 16.6 Å². The number of hydrogen-bond acceptors (Lipinski definition) is 5. The fraction of sp³-hybridized carbons (Fsp3) is 0.593. The van der Waals surface area contributed by atoms with Gasteiger partial charge in [0.2, 0.25) is 11.8 Å². The van der Waals surface area contributed by atoms with Gasteiger partial charge in [0, 0.05) is 30.9 Å². The molecule has 4 bridgehead atoms. The van der Waals surface area contributed by atoms with Crippen molar-refractivity contribution in [1.29, 1.82) is 0 Å². The van der Waals surface area contributed by atoms with Gasteiger partial charge in [-0.1, -0.05) is 0 Å². The fourth-order valence-corrected chi connectivity index (χ4v) is 7.02. The van der Waals surface area contributed by atoms with Crippen LogP contribution >= 0.6 is 0 Å². The number of amides is 2. The van der Waals surface area contributed by atoms with Crippen molar-refractivity contribution >= 4 is 11.8 Å². The van der Waals surface area contributed by atoms with E-state index in [4.69, 9.17) is 9.47 Å². The number of rotatable bonds is 8. The molecule has 8 nitrogen and oxygen atoms in total. The SMILES string of the molecule is COc1cc(OC)cc(C(NC(=O)C(C)NC(=O)C23CC4CC(CC(C4)C2)C3)c2nccn2C)c1. The number of hydrogen-bond donors (Lipinski definition) is 2. The lowest BCUT2D eigenvalue weighted by molar-refractivity contribution is -0.148. The Morgan fingerprint density at radius 3 is 2.06 bits per heavy atom. The van der Waals surface area contributed by atoms with Crippen LogP contribution in [0, 0.1) is 23.2 Å². The standard InChI is InChI=1S/C27H36N4O4/c1-16(29-26(33)27-13-17-7-18(14-27)9-19(8-17)15-27)25(32)30-23(24-28-5-6-31(24)2)20-10-21(34-3)12-22(11-20)35-4/h5-6,10-12,16-19,23H,7-9,13-15H2,1-4H3,(H,29,33)(H,30,32). The van der Waals surface area contributed by atoms with E-state index in [1.165, 1.54) is 19.3 Å². The lowest BCUT2D eigenvalue weighted by Gasteiger charge is -2.55. The van der Waals surface area contributed by atoms with Crippen molar-refractivity contribution in [2.24, 2.45) is 30.2 Å². The number of aryl methyl sites for hydroxylation is 1. The Bertz CT molecular complexity index is 1050. The van der Waals surface area contributed by atoms with Crippen LogP contribution in [0.15, 0.2) is 30.6 Å². The number of aromatic nitrogens is 2. The van der Waals surface area contributed by atoms with E-state index in [0.29, 0.717) is 35.1 Å². The van der Waals surface area contributed by atoms with Gasteiger partial charge in [-0.25, -0.2) is 4.98 Å². The molecule has 188 valence electrons. The van der Waals surface area contributed by atoms with Crippen LogP contribution in [0.3, 0.4) is 0 Å². The number of carbonyl (C=O) groups excluding carboxylic acids is 2. The van der Waals surface area contributed by atoms with E-state index in [9.17, 15) is 9.59 Å². The van der Waals surface area contributed by atoms with Crippen molar-refractivity contribution in [2.45, 2.75) is 57.5 Å². The Morgan fingerprint density at radius 2 is 1.57 bits per heavy atom. The van der Waals surface area contributed by atoms with Crippen molar-refractivity contribution in [3.05, 3.63) is 42.0 Å². The van der Waals surface area contributed by atoms with Crippen LogP contribution in [0.5, 0.6) is 11.5 Å². The van der Waals surface area contributed by atoms with Gasteiger partial charge < -0.3 is 24.7 Å². The number of imidazole rings is 1. The average Bonchev–Trinajstić information content (AvgIpc) is 3.26. The van der Waals surface area contributed by atoms with Gasteiger partial charge in [0.1, 0.15) is 29.4 Å². The molecular weight excluding hydrogens is 444 g/mol. The summed E-state index contributed by atoms with van der Waals surface area (Å²) in [4.78, 5) is 31.3. The minimum absolute atomic E-state index is 0.0517. The molecule has 6 rings (SSSR count). The highest BCUT2D eigenvalue weighted by Crippen LogP contribution is 2.60. The average molecular weight is 481 g/mol. The Hall–Kier alpha value is -3.03. The molecule has 2 amide bonds. The quantitative estimate of drug-likeness (QED) is 0.604. The van der Waals surface area contributed by atoms with Gasteiger partial charge in [0.05, 0.1) is 14.2 Å². The molecule has 2 aromatic rings. The molecule has 0 aliphatic heterocycles. The predicted molar refractivity (Wildman–Crippen MR) is 131 cm³/mol. The lowest BCUT2D eigenvalue weighted by Crippen LogP contribution is -2.57. The lowest BCUT2D eigenvalue weighted by atomic mass is 9.49. The number of carbonyl (C=O) groups is 2. The van der Waals surface area contributed by atoms with Gasteiger partial charge in [-0.15, -0.1) is 0 Å². The van der Waals surface area contributed by atoms with E-state index in [1.807, 2.05) is 29.9 Å². The summed E-state index contributed by atoms with van der Waals surface area (Å²) in [7, 11) is 5.07. The third-order valence-corrected chi connectivity index (χ3v) is 8.37. The highest BCUT2D eigenvalue weighted by Gasteiger charge is 2.54. The van der Waals surface area contributed by atoms with Crippen molar-refractivity contribution in [1.82, 2.24) is 20.2 Å². The number of methoxy groups -OCH3 is 2. The Kier molecular flexibility index (Phi) is 6.23. The maximum Gasteiger partial charge on any atom is 0.243 e. The van der Waals surface area contributed by atoms with Gasteiger partial charge in [-0.2, -0.15) is 0 Å². The summed E-state index contributed by atoms with van der Waals surface area (Å²) >= 11 is 0. The number of nitrogens with one attached hydrogen (secondary N) is 2. The number of nitrogens with zero attached hydrogens (tertiary/aromatic N) is 2. The first-order chi connectivity index (χ1) is 16.8. The maximum atomic E-state index is 13.5. The molecule has 0 radical (unpaired) electrons. The molecule has 4 aliphatic rings. The van der Waals surface area contributed by atoms with Crippen molar-refractivity contribution in [2.75, 3.05) is 14.2 Å². The third-order valence-electron chi connectivity index (χ3n) is 8.37. The Labute approximate surface area is 206 Å². The molecule has 1 aromatic carbocycles. The highest BCUT2D eigenvalue weighted by molar-refractivity contribution is 5.90. The summed E-state index contributed by atoms with van der Waals surface area (Å²) in [6.07, 6.45) is 10.3. The van der Waals surface area contributed by atoms with Crippen LogP contribution in [0.4, 0.5) is 0 Å². The molecule has 0 spiro atoms. The topological polar surface area (TPSA) is 94.5 Å². The van der Waals surface area contributed by atoms with Gasteiger partial charge in [0.15, 0.2) is 0 Å².